The smallest absolute Gasteiger partial charge is 0.416 e. The van der Waals surface area contributed by atoms with Crippen LogP contribution in [0.25, 0.3) is 0 Å². The van der Waals surface area contributed by atoms with Crippen LogP contribution in [0, 0.1) is 0 Å². The van der Waals surface area contributed by atoms with Gasteiger partial charge in [-0.3, -0.25) is 0 Å². The predicted octanol–water partition coefficient (Wildman–Crippen LogP) is 3.92. The quantitative estimate of drug-likeness (QED) is 0.827. The molecule has 1 aliphatic rings. The number of nitrogens with one attached hydrogen (secondary N) is 1. The number of carbonyl (C=O) groups is 1. The SMILES string of the molecule is O=C(O)c1cc(C(F)(F)F)ccc1NC1CC=CCC1. The minimum Gasteiger partial charge on any atom is -0.478 e. The maximum absolute atomic E-state index is 12.6. The minimum absolute atomic E-state index is 0.0508. The van der Waals surface area contributed by atoms with Crippen molar-refractivity contribution in [1.82, 2.24) is 0 Å². The van der Waals surface area contributed by atoms with Gasteiger partial charge in [0.2, 0.25) is 0 Å². The van der Waals surface area contributed by atoms with E-state index in [1.54, 1.807) is 0 Å². The van der Waals surface area contributed by atoms with Crippen molar-refractivity contribution in [3.63, 3.8) is 0 Å². The van der Waals surface area contributed by atoms with Crippen LogP contribution in [0.2, 0.25) is 0 Å². The number of rotatable bonds is 3. The van der Waals surface area contributed by atoms with Gasteiger partial charge in [-0.1, -0.05) is 12.2 Å². The van der Waals surface area contributed by atoms with Crippen LogP contribution < -0.4 is 5.32 Å². The highest BCUT2D eigenvalue weighted by Gasteiger charge is 2.32. The second-order valence-corrected chi connectivity index (χ2v) is 4.69. The van der Waals surface area contributed by atoms with E-state index in [1.807, 2.05) is 12.2 Å². The molecule has 0 spiro atoms. The summed E-state index contributed by atoms with van der Waals surface area (Å²) in [6.45, 7) is 0. The molecule has 0 aliphatic heterocycles. The van der Waals surface area contributed by atoms with Crippen LogP contribution in [-0.4, -0.2) is 17.1 Å². The van der Waals surface area contributed by atoms with Gasteiger partial charge in [0.25, 0.3) is 0 Å². The standard InChI is InChI=1S/C14H14F3NO2/c15-14(16,17)9-6-7-12(11(8-9)13(19)20)18-10-4-2-1-3-5-10/h1-2,6-8,10,18H,3-5H2,(H,19,20). The number of hydrogen-bond acceptors (Lipinski definition) is 2. The van der Waals surface area contributed by atoms with Crippen LogP contribution in [0.5, 0.6) is 0 Å². The predicted molar refractivity (Wildman–Crippen MR) is 68.8 cm³/mol. The zero-order chi connectivity index (χ0) is 14.8. The summed E-state index contributed by atoms with van der Waals surface area (Å²) in [5, 5.41) is 12.1. The summed E-state index contributed by atoms with van der Waals surface area (Å²) in [4.78, 5) is 11.1. The molecule has 0 fully saturated rings. The zero-order valence-corrected chi connectivity index (χ0v) is 10.6. The Kier molecular flexibility index (Phi) is 4.01. The molecule has 108 valence electrons. The summed E-state index contributed by atoms with van der Waals surface area (Å²) in [6.07, 6.45) is 1.91. The van der Waals surface area contributed by atoms with E-state index < -0.39 is 17.7 Å². The molecule has 0 amide bonds. The molecule has 1 aliphatic carbocycles. The molecule has 20 heavy (non-hydrogen) atoms. The van der Waals surface area contributed by atoms with Crippen molar-refractivity contribution in [2.75, 3.05) is 5.32 Å². The van der Waals surface area contributed by atoms with Crippen LogP contribution >= 0.6 is 0 Å². The van der Waals surface area contributed by atoms with Crippen molar-refractivity contribution in [3.8, 4) is 0 Å². The van der Waals surface area contributed by atoms with Crippen molar-refractivity contribution in [2.45, 2.75) is 31.5 Å². The van der Waals surface area contributed by atoms with Gasteiger partial charge in [0, 0.05) is 11.7 Å². The summed E-state index contributed by atoms with van der Waals surface area (Å²) in [6, 6.07) is 2.80. The van der Waals surface area contributed by atoms with Crippen LogP contribution in [0.1, 0.15) is 35.2 Å². The molecule has 1 atom stereocenters. The van der Waals surface area contributed by atoms with E-state index in [-0.39, 0.29) is 17.3 Å². The highest BCUT2D eigenvalue weighted by atomic mass is 19.4. The Balaban J connectivity index is 2.28. The Morgan fingerprint density at radius 1 is 1.30 bits per heavy atom. The molecule has 1 unspecified atom stereocenters. The van der Waals surface area contributed by atoms with Gasteiger partial charge in [0.05, 0.1) is 11.1 Å². The molecule has 3 nitrogen and oxygen atoms in total. The number of alkyl halides is 3. The first-order valence-electron chi connectivity index (χ1n) is 6.24. The number of hydrogen-bond donors (Lipinski definition) is 2. The van der Waals surface area contributed by atoms with Crippen LogP contribution in [0.3, 0.4) is 0 Å². The van der Waals surface area contributed by atoms with Gasteiger partial charge >= 0.3 is 12.1 Å². The molecule has 0 saturated heterocycles. The van der Waals surface area contributed by atoms with Gasteiger partial charge in [0.15, 0.2) is 0 Å². The first kappa shape index (κ1) is 14.4. The summed E-state index contributed by atoms with van der Waals surface area (Å²) in [7, 11) is 0. The average Bonchev–Trinajstić information content (AvgIpc) is 2.38. The van der Waals surface area contributed by atoms with Gasteiger partial charge in [-0.15, -0.1) is 0 Å². The zero-order valence-electron chi connectivity index (χ0n) is 10.6. The summed E-state index contributed by atoms with van der Waals surface area (Å²) in [5.41, 5.74) is -1.08. The van der Waals surface area contributed by atoms with Crippen LogP contribution in [0.4, 0.5) is 18.9 Å². The summed E-state index contributed by atoms with van der Waals surface area (Å²) < 4.78 is 37.8. The Bertz CT molecular complexity index is 538. The topological polar surface area (TPSA) is 49.3 Å². The molecule has 0 heterocycles. The van der Waals surface area contributed by atoms with Gasteiger partial charge in [-0.2, -0.15) is 13.2 Å². The Morgan fingerprint density at radius 3 is 2.60 bits per heavy atom. The van der Waals surface area contributed by atoms with Gasteiger partial charge in [-0.25, -0.2) is 4.79 Å². The second-order valence-electron chi connectivity index (χ2n) is 4.69. The largest absolute Gasteiger partial charge is 0.478 e. The molecule has 0 saturated carbocycles. The van der Waals surface area contributed by atoms with Gasteiger partial charge in [0.1, 0.15) is 0 Å². The first-order valence-corrected chi connectivity index (χ1v) is 6.24. The number of benzene rings is 1. The number of carboxylic acids is 1. The molecular formula is C14H14F3NO2. The third kappa shape index (κ3) is 3.31. The lowest BCUT2D eigenvalue weighted by molar-refractivity contribution is -0.137. The van der Waals surface area contributed by atoms with Crippen LogP contribution in [0.15, 0.2) is 30.4 Å². The minimum atomic E-state index is -4.55. The normalized spacial score (nSPS) is 18.9. The molecule has 6 heteroatoms. The fourth-order valence-electron chi connectivity index (χ4n) is 2.17. The first-order chi connectivity index (χ1) is 9.38. The van der Waals surface area contributed by atoms with E-state index in [0.717, 1.165) is 25.3 Å². The molecule has 0 bridgehead atoms. The fraction of sp³-hybridized carbons (Fsp3) is 0.357. The molecule has 2 rings (SSSR count). The molecule has 0 radical (unpaired) electrons. The Hall–Kier alpha value is -1.98. The van der Waals surface area contributed by atoms with E-state index in [9.17, 15) is 18.0 Å². The number of halogens is 3. The second kappa shape index (κ2) is 5.56. The average molecular weight is 285 g/mol. The number of anilines is 1. The summed E-state index contributed by atoms with van der Waals surface area (Å²) >= 11 is 0. The Labute approximate surface area is 114 Å². The number of allylic oxidation sites excluding steroid dienone is 1. The summed E-state index contributed by atoms with van der Waals surface area (Å²) in [5.74, 6) is -1.37. The number of carboxylic acid groups (broad SMARTS) is 1. The van der Waals surface area contributed by atoms with E-state index in [1.165, 1.54) is 6.07 Å². The molecule has 1 aromatic carbocycles. The maximum atomic E-state index is 12.6. The van der Waals surface area contributed by atoms with E-state index in [4.69, 9.17) is 5.11 Å². The highest BCUT2D eigenvalue weighted by Crippen LogP contribution is 2.32. The van der Waals surface area contributed by atoms with E-state index >= 15 is 0 Å². The van der Waals surface area contributed by atoms with E-state index in [2.05, 4.69) is 5.32 Å². The molecule has 0 aromatic heterocycles. The third-order valence-electron chi connectivity index (χ3n) is 3.21. The van der Waals surface area contributed by atoms with Crippen LogP contribution in [-0.2, 0) is 6.18 Å². The lowest BCUT2D eigenvalue weighted by Gasteiger charge is -2.22. The highest BCUT2D eigenvalue weighted by molar-refractivity contribution is 5.94. The maximum Gasteiger partial charge on any atom is 0.416 e. The molecular weight excluding hydrogens is 271 g/mol. The van der Waals surface area contributed by atoms with Gasteiger partial charge in [-0.05, 0) is 37.5 Å². The van der Waals surface area contributed by atoms with Crippen molar-refractivity contribution in [1.29, 1.82) is 0 Å². The van der Waals surface area contributed by atoms with Crippen molar-refractivity contribution in [2.24, 2.45) is 0 Å². The van der Waals surface area contributed by atoms with Crippen molar-refractivity contribution >= 4 is 11.7 Å². The van der Waals surface area contributed by atoms with Crippen molar-refractivity contribution < 1.29 is 23.1 Å². The lowest BCUT2D eigenvalue weighted by Crippen LogP contribution is -2.22. The number of aromatic carboxylic acids is 1. The fourth-order valence-corrected chi connectivity index (χ4v) is 2.17. The molecule has 2 N–H and O–H groups in total. The monoisotopic (exact) mass is 285 g/mol. The van der Waals surface area contributed by atoms with Gasteiger partial charge < -0.3 is 10.4 Å². The Morgan fingerprint density at radius 2 is 2.05 bits per heavy atom. The van der Waals surface area contributed by atoms with E-state index in [0.29, 0.717) is 6.07 Å². The van der Waals surface area contributed by atoms with Crippen molar-refractivity contribution in [3.05, 3.63) is 41.5 Å². The third-order valence-corrected chi connectivity index (χ3v) is 3.21. The lowest BCUT2D eigenvalue weighted by atomic mass is 10.0. The molecule has 1 aromatic rings.